The highest BCUT2D eigenvalue weighted by atomic mass is 16.5. The van der Waals surface area contributed by atoms with Gasteiger partial charge in [0.05, 0.1) is 58.7 Å². The highest BCUT2D eigenvalue weighted by Gasteiger charge is 2.37. The predicted octanol–water partition coefficient (Wildman–Crippen LogP) is 3.99. The van der Waals surface area contributed by atoms with Crippen LogP contribution in [0.5, 0.6) is 17.2 Å². The fraction of sp³-hybridized carbons (Fsp3) is 0.308. The Morgan fingerprint density at radius 1 is 0.794 bits per heavy atom. The molecule has 1 heterocycles. The van der Waals surface area contributed by atoms with Crippen molar-refractivity contribution in [2.75, 3.05) is 35.5 Å². The van der Waals surface area contributed by atoms with Gasteiger partial charge in [-0.15, -0.1) is 0 Å². The van der Waals surface area contributed by atoms with Crippen LogP contribution in [0, 0.1) is 0 Å². The Morgan fingerprint density at radius 3 is 1.71 bits per heavy atom. The SMILES string of the molecule is COC(=O)C1=CN([C@H](C)c2ccccc2)C=C(C(=O)OC)C1c1cc(OC)c(OC)c(OC)c1. The zero-order valence-electron chi connectivity index (χ0n) is 20.2. The van der Waals surface area contributed by atoms with E-state index in [4.69, 9.17) is 23.7 Å². The number of hydrogen-bond donors (Lipinski definition) is 0. The van der Waals surface area contributed by atoms with E-state index < -0.39 is 17.9 Å². The van der Waals surface area contributed by atoms with Gasteiger partial charge in [0.25, 0.3) is 0 Å². The molecule has 2 aromatic carbocycles. The van der Waals surface area contributed by atoms with Gasteiger partial charge in [-0.3, -0.25) is 0 Å². The van der Waals surface area contributed by atoms with Gasteiger partial charge >= 0.3 is 11.9 Å². The van der Waals surface area contributed by atoms with Gasteiger partial charge in [-0.25, -0.2) is 9.59 Å². The van der Waals surface area contributed by atoms with Gasteiger partial charge in [0.2, 0.25) is 5.75 Å². The van der Waals surface area contributed by atoms with E-state index in [9.17, 15) is 9.59 Å². The van der Waals surface area contributed by atoms with Crippen molar-refractivity contribution in [3.05, 3.63) is 77.1 Å². The summed E-state index contributed by atoms with van der Waals surface area (Å²) in [6.45, 7) is 1.98. The standard InChI is InChI=1S/C26H29NO7/c1-16(17-10-8-7-9-11-17)27-14-19(25(28)33-5)23(20(15-27)26(29)34-6)18-12-21(30-2)24(32-4)22(13-18)31-3/h7-16,23H,1-6H3/t16-/m1/s1. The Balaban J connectivity index is 2.22. The third-order valence-corrected chi connectivity index (χ3v) is 5.79. The molecule has 0 fully saturated rings. The third-order valence-electron chi connectivity index (χ3n) is 5.79. The molecule has 0 saturated carbocycles. The van der Waals surface area contributed by atoms with E-state index in [1.807, 2.05) is 42.2 Å². The Bertz CT molecular complexity index is 1050. The van der Waals surface area contributed by atoms with Crippen LogP contribution in [-0.2, 0) is 19.1 Å². The van der Waals surface area contributed by atoms with E-state index in [1.54, 1.807) is 24.5 Å². The molecule has 3 rings (SSSR count). The quantitative estimate of drug-likeness (QED) is 0.539. The summed E-state index contributed by atoms with van der Waals surface area (Å²) in [7, 11) is 7.11. The number of carbonyl (C=O) groups is 2. The van der Waals surface area contributed by atoms with Crippen molar-refractivity contribution in [1.29, 1.82) is 0 Å². The largest absolute Gasteiger partial charge is 0.493 e. The second-order valence-corrected chi connectivity index (χ2v) is 7.58. The number of ether oxygens (including phenoxy) is 5. The van der Waals surface area contributed by atoms with Crippen molar-refractivity contribution in [3.8, 4) is 17.2 Å². The lowest BCUT2D eigenvalue weighted by Gasteiger charge is -2.34. The van der Waals surface area contributed by atoms with Gasteiger partial charge in [-0.05, 0) is 30.2 Å². The topological polar surface area (TPSA) is 83.5 Å². The number of benzene rings is 2. The maximum Gasteiger partial charge on any atom is 0.336 e. The lowest BCUT2D eigenvalue weighted by atomic mass is 9.82. The fourth-order valence-corrected chi connectivity index (χ4v) is 4.01. The number of esters is 2. The molecule has 0 amide bonds. The number of nitrogens with zero attached hydrogens (tertiary/aromatic N) is 1. The van der Waals surface area contributed by atoms with Crippen LogP contribution in [-0.4, -0.2) is 52.4 Å². The molecule has 180 valence electrons. The first-order valence-corrected chi connectivity index (χ1v) is 10.6. The summed E-state index contributed by atoms with van der Waals surface area (Å²) in [5, 5.41) is 0. The molecule has 0 radical (unpaired) electrons. The molecule has 0 bridgehead atoms. The zero-order valence-corrected chi connectivity index (χ0v) is 20.2. The van der Waals surface area contributed by atoms with Gasteiger partial charge < -0.3 is 28.6 Å². The molecular weight excluding hydrogens is 438 g/mol. The molecule has 2 aromatic rings. The predicted molar refractivity (Wildman–Crippen MR) is 126 cm³/mol. The fourth-order valence-electron chi connectivity index (χ4n) is 4.01. The van der Waals surface area contributed by atoms with Gasteiger partial charge in [0.1, 0.15) is 0 Å². The first-order chi connectivity index (χ1) is 16.4. The molecule has 34 heavy (non-hydrogen) atoms. The molecule has 0 aliphatic carbocycles. The van der Waals surface area contributed by atoms with E-state index in [1.165, 1.54) is 35.5 Å². The molecule has 0 unspecified atom stereocenters. The molecule has 8 nitrogen and oxygen atoms in total. The molecule has 0 aromatic heterocycles. The van der Waals surface area contributed by atoms with Gasteiger partial charge in [-0.1, -0.05) is 30.3 Å². The Morgan fingerprint density at radius 2 is 1.29 bits per heavy atom. The first kappa shape index (κ1) is 24.7. The summed E-state index contributed by atoms with van der Waals surface area (Å²) < 4.78 is 26.6. The van der Waals surface area contributed by atoms with Crippen LogP contribution in [0.1, 0.15) is 30.0 Å². The smallest absolute Gasteiger partial charge is 0.336 e. The van der Waals surface area contributed by atoms with Crippen LogP contribution in [0.25, 0.3) is 0 Å². The van der Waals surface area contributed by atoms with E-state index in [0.717, 1.165) is 5.56 Å². The average Bonchev–Trinajstić information content (AvgIpc) is 2.90. The molecule has 0 N–H and O–H groups in total. The normalized spacial score (nSPS) is 14.5. The van der Waals surface area contributed by atoms with Crippen molar-refractivity contribution in [3.63, 3.8) is 0 Å². The average molecular weight is 468 g/mol. The Hall–Kier alpha value is -3.94. The molecule has 1 atom stereocenters. The molecule has 8 heteroatoms. The van der Waals surface area contributed by atoms with E-state index in [0.29, 0.717) is 22.8 Å². The summed E-state index contributed by atoms with van der Waals surface area (Å²) >= 11 is 0. The molecule has 0 saturated heterocycles. The van der Waals surface area contributed by atoms with Crippen LogP contribution in [0.4, 0.5) is 0 Å². The highest BCUT2D eigenvalue weighted by molar-refractivity contribution is 5.98. The maximum absolute atomic E-state index is 13.0. The Labute approximate surface area is 199 Å². The number of carbonyl (C=O) groups excluding carboxylic acids is 2. The molecule has 1 aliphatic rings. The minimum absolute atomic E-state index is 0.165. The van der Waals surface area contributed by atoms with Crippen molar-refractivity contribution < 1.29 is 33.3 Å². The highest BCUT2D eigenvalue weighted by Crippen LogP contribution is 2.45. The lowest BCUT2D eigenvalue weighted by molar-refractivity contribution is -0.137. The van der Waals surface area contributed by atoms with E-state index in [2.05, 4.69) is 0 Å². The molecular formula is C26H29NO7. The first-order valence-electron chi connectivity index (χ1n) is 10.6. The van der Waals surface area contributed by atoms with Crippen molar-refractivity contribution >= 4 is 11.9 Å². The number of methoxy groups -OCH3 is 5. The minimum atomic E-state index is -0.784. The monoisotopic (exact) mass is 467 g/mol. The summed E-state index contributed by atoms with van der Waals surface area (Å²) in [6.07, 6.45) is 3.40. The zero-order chi connectivity index (χ0) is 24.8. The number of hydrogen-bond acceptors (Lipinski definition) is 8. The van der Waals surface area contributed by atoms with E-state index in [-0.39, 0.29) is 17.2 Å². The molecule has 1 aliphatic heterocycles. The maximum atomic E-state index is 13.0. The summed E-state index contributed by atoms with van der Waals surface area (Å²) in [4.78, 5) is 27.7. The van der Waals surface area contributed by atoms with Crippen LogP contribution in [0.3, 0.4) is 0 Å². The number of rotatable bonds is 8. The van der Waals surface area contributed by atoms with Crippen LogP contribution >= 0.6 is 0 Å². The molecule has 0 spiro atoms. The second kappa shape index (κ2) is 10.8. The van der Waals surface area contributed by atoms with Gasteiger partial charge in [0.15, 0.2) is 11.5 Å². The lowest BCUT2D eigenvalue weighted by Crippen LogP contribution is -2.30. The van der Waals surface area contributed by atoms with Crippen molar-refractivity contribution in [2.45, 2.75) is 18.9 Å². The summed E-state index contributed by atoms with van der Waals surface area (Å²) in [6, 6.07) is 13.0. The van der Waals surface area contributed by atoms with Crippen molar-refractivity contribution in [1.82, 2.24) is 4.90 Å². The van der Waals surface area contributed by atoms with Crippen molar-refractivity contribution in [2.24, 2.45) is 0 Å². The minimum Gasteiger partial charge on any atom is -0.493 e. The third kappa shape index (κ3) is 4.71. The summed E-state index contributed by atoms with van der Waals surface area (Å²) in [5.41, 5.74) is 2.12. The van der Waals surface area contributed by atoms with Crippen LogP contribution < -0.4 is 14.2 Å². The second-order valence-electron chi connectivity index (χ2n) is 7.58. The Kier molecular flexibility index (Phi) is 7.83. The van der Waals surface area contributed by atoms with E-state index >= 15 is 0 Å². The van der Waals surface area contributed by atoms with Gasteiger partial charge in [-0.2, -0.15) is 0 Å². The summed E-state index contributed by atoms with van der Waals surface area (Å²) in [5.74, 6) is -0.739. The van der Waals surface area contributed by atoms with Gasteiger partial charge in [0, 0.05) is 12.4 Å². The van der Waals surface area contributed by atoms with Crippen LogP contribution in [0.2, 0.25) is 0 Å². The van der Waals surface area contributed by atoms with Crippen LogP contribution in [0.15, 0.2) is 66.0 Å².